The molecule has 0 radical (unpaired) electrons. The molecule has 0 spiro atoms. The van der Waals surface area contributed by atoms with E-state index in [1.807, 2.05) is 29.6 Å². The Morgan fingerprint density at radius 1 is 0.963 bits per heavy atom. The molecule has 136 valence electrons. The van der Waals surface area contributed by atoms with E-state index >= 15 is 0 Å². The van der Waals surface area contributed by atoms with Crippen LogP contribution in [-0.2, 0) is 5.75 Å². The Bertz CT molecular complexity index is 1020. The first-order chi connectivity index (χ1) is 13.2. The van der Waals surface area contributed by atoms with E-state index in [1.165, 1.54) is 22.9 Å². The Hall–Kier alpha value is -2.64. The number of thioether (sulfide) groups is 1. The van der Waals surface area contributed by atoms with Crippen LogP contribution in [-0.4, -0.2) is 15.2 Å². The van der Waals surface area contributed by atoms with Crippen LogP contribution in [0, 0.1) is 13.8 Å². The molecule has 0 bridgehead atoms. The summed E-state index contributed by atoms with van der Waals surface area (Å²) < 4.78 is 5.75. The van der Waals surface area contributed by atoms with Crippen molar-refractivity contribution in [1.82, 2.24) is 15.2 Å². The van der Waals surface area contributed by atoms with Gasteiger partial charge in [0.1, 0.15) is 0 Å². The third-order valence-corrected chi connectivity index (χ3v) is 5.56. The van der Waals surface area contributed by atoms with E-state index < -0.39 is 0 Å². The van der Waals surface area contributed by atoms with Gasteiger partial charge in [0, 0.05) is 22.4 Å². The molecule has 0 unspecified atom stereocenters. The number of hydrogen-bond donors (Lipinski definition) is 1. The number of nitrogens with zero attached hydrogens (tertiary/aromatic N) is 3. The van der Waals surface area contributed by atoms with Gasteiger partial charge in [0.05, 0.1) is 5.69 Å². The van der Waals surface area contributed by atoms with Gasteiger partial charge in [-0.1, -0.05) is 47.2 Å². The molecule has 2 aromatic heterocycles. The average Bonchev–Trinajstić information content (AvgIpc) is 3.32. The second-order valence-electron chi connectivity index (χ2n) is 6.16. The van der Waals surface area contributed by atoms with Crippen molar-refractivity contribution in [2.45, 2.75) is 24.8 Å². The zero-order chi connectivity index (χ0) is 18.6. The highest BCUT2D eigenvalue weighted by Gasteiger charge is 2.10. The summed E-state index contributed by atoms with van der Waals surface area (Å²) in [5.41, 5.74) is 5.38. The summed E-state index contributed by atoms with van der Waals surface area (Å²) in [4.78, 5) is 4.61. The van der Waals surface area contributed by atoms with Crippen molar-refractivity contribution in [2.75, 3.05) is 5.32 Å². The standard InChI is InChI=1S/C20H18N4OS2/c1-13-3-7-15(8-4-13)18-23-24-20(25-18)27-12-17-11-26-19(22-17)21-16-9-5-14(2)6-10-16/h3-11H,12H2,1-2H3,(H,21,22). The second kappa shape index (κ2) is 7.94. The van der Waals surface area contributed by atoms with E-state index in [4.69, 9.17) is 4.42 Å². The Balaban J connectivity index is 1.36. The highest BCUT2D eigenvalue weighted by Crippen LogP contribution is 2.28. The van der Waals surface area contributed by atoms with Crippen LogP contribution in [0.5, 0.6) is 0 Å². The summed E-state index contributed by atoms with van der Waals surface area (Å²) >= 11 is 3.07. The van der Waals surface area contributed by atoms with E-state index in [0.717, 1.165) is 22.1 Å². The smallest absolute Gasteiger partial charge is 0.277 e. The number of nitrogens with one attached hydrogen (secondary N) is 1. The van der Waals surface area contributed by atoms with Crippen molar-refractivity contribution in [2.24, 2.45) is 0 Å². The molecule has 0 fully saturated rings. The first-order valence-electron chi connectivity index (χ1n) is 8.47. The maximum absolute atomic E-state index is 5.75. The number of thiazole rings is 1. The van der Waals surface area contributed by atoms with Crippen molar-refractivity contribution in [3.8, 4) is 11.5 Å². The first-order valence-corrected chi connectivity index (χ1v) is 10.3. The Morgan fingerprint density at radius 2 is 1.67 bits per heavy atom. The fraction of sp³-hybridized carbons (Fsp3) is 0.150. The maximum Gasteiger partial charge on any atom is 0.277 e. The van der Waals surface area contributed by atoms with Crippen LogP contribution in [0.2, 0.25) is 0 Å². The minimum absolute atomic E-state index is 0.539. The number of anilines is 2. The molecule has 5 nitrogen and oxygen atoms in total. The second-order valence-corrected chi connectivity index (χ2v) is 7.95. The van der Waals surface area contributed by atoms with Crippen molar-refractivity contribution >= 4 is 33.9 Å². The first kappa shape index (κ1) is 17.8. The van der Waals surface area contributed by atoms with E-state index in [-0.39, 0.29) is 0 Å². The molecule has 4 rings (SSSR count). The van der Waals surface area contributed by atoms with Crippen LogP contribution in [0.3, 0.4) is 0 Å². The zero-order valence-electron chi connectivity index (χ0n) is 15.0. The molecule has 0 saturated carbocycles. The molecule has 0 atom stereocenters. The van der Waals surface area contributed by atoms with E-state index in [2.05, 4.69) is 58.6 Å². The van der Waals surface area contributed by atoms with Gasteiger partial charge in [-0.05, 0) is 38.1 Å². The zero-order valence-corrected chi connectivity index (χ0v) is 16.6. The molecular formula is C20H18N4OS2. The predicted octanol–water partition coefficient (Wildman–Crippen LogP) is 5.85. The summed E-state index contributed by atoms with van der Waals surface area (Å²) in [5.74, 6) is 1.22. The number of rotatable bonds is 6. The van der Waals surface area contributed by atoms with Crippen LogP contribution < -0.4 is 5.32 Å². The van der Waals surface area contributed by atoms with E-state index in [9.17, 15) is 0 Å². The molecular weight excluding hydrogens is 376 g/mol. The van der Waals surface area contributed by atoms with Gasteiger partial charge in [-0.2, -0.15) is 0 Å². The fourth-order valence-corrected chi connectivity index (χ4v) is 3.90. The minimum Gasteiger partial charge on any atom is -0.411 e. The van der Waals surface area contributed by atoms with E-state index in [1.54, 1.807) is 11.3 Å². The van der Waals surface area contributed by atoms with Crippen molar-refractivity contribution in [3.63, 3.8) is 0 Å². The lowest BCUT2D eigenvalue weighted by atomic mass is 10.1. The molecule has 0 saturated heterocycles. The van der Waals surface area contributed by atoms with Crippen LogP contribution in [0.15, 0.2) is 63.6 Å². The minimum atomic E-state index is 0.539. The summed E-state index contributed by atoms with van der Waals surface area (Å²) in [6.07, 6.45) is 0. The number of aromatic nitrogens is 3. The van der Waals surface area contributed by atoms with Gasteiger partial charge in [-0.15, -0.1) is 21.5 Å². The van der Waals surface area contributed by atoms with Crippen LogP contribution in [0.1, 0.15) is 16.8 Å². The normalized spacial score (nSPS) is 10.9. The lowest BCUT2D eigenvalue weighted by molar-refractivity contribution is 0.466. The average molecular weight is 395 g/mol. The summed E-state index contributed by atoms with van der Waals surface area (Å²) in [6, 6.07) is 16.3. The monoisotopic (exact) mass is 394 g/mol. The number of aryl methyl sites for hydroxylation is 2. The summed E-state index contributed by atoms with van der Waals surface area (Å²) in [7, 11) is 0. The van der Waals surface area contributed by atoms with Crippen molar-refractivity contribution < 1.29 is 4.42 Å². The highest BCUT2D eigenvalue weighted by molar-refractivity contribution is 7.98. The van der Waals surface area contributed by atoms with Crippen molar-refractivity contribution in [3.05, 3.63) is 70.7 Å². The highest BCUT2D eigenvalue weighted by atomic mass is 32.2. The molecule has 2 heterocycles. The molecule has 1 N–H and O–H groups in total. The molecule has 4 aromatic rings. The number of benzene rings is 2. The Kier molecular flexibility index (Phi) is 5.22. The SMILES string of the molecule is Cc1ccc(Nc2nc(CSc3nnc(-c4ccc(C)cc4)o3)cs2)cc1. The third kappa shape index (κ3) is 4.56. The molecule has 7 heteroatoms. The molecule has 0 aliphatic rings. The van der Waals surface area contributed by atoms with Crippen molar-refractivity contribution in [1.29, 1.82) is 0 Å². The maximum atomic E-state index is 5.75. The number of hydrogen-bond acceptors (Lipinski definition) is 7. The van der Waals surface area contributed by atoms with Crippen LogP contribution >= 0.6 is 23.1 Å². The fourth-order valence-electron chi connectivity index (χ4n) is 2.41. The summed E-state index contributed by atoms with van der Waals surface area (Å²) in [6.45, 7) is 4.12. The topological polar surface area (TPSA) is 63.8 Å². The van der Waals surface area contributed by atoms with Gasteiger partial charge in [0.25, 0.3) is 5.22 Å². The predicted molar refractivity (Wildman–Crippen MR) is 111 cm³/mol. The molecule has 27 heavy (non-hydrogen) atoms. The Labute approximate surface area is 165 Å². The van der Waals surface area contributed by atoms with Gasteiger partial charge in [-0.25, -0.2) is 4.98 Å². The Morgan fingerprint density at radius 3 is 2.41 bits per heavy atom. The summed E-state index contributed by atoms with van der Waals surface area (Å²) in [5, 5.41) is 15.0. The molecule has 0 aliphatic carbocycles. The molecule has 2 aromatic carbocycles. The van der Waals surface area contributed by atoms with Gasteiger partial charge in [-0.3, -0.25) is 0 Å². The van der Waals surface area contributed by atoms with Crippen LogP contribution in [0.4, 0.5) is 10.8 Å². The van der Waals surface area contributed by atoms with E-state index in [0.29, 0.717) is 16.9 Å². The molecule has 0 amide bonds. The largest absolute Gasteiger partial charge is 0.411 e. The molecule has 0 aliphatic heterocycles. The van der Waals surface area contributed by atoms with Crippen LogP contribution in [0.25, 0.3) is 11.5 Å². The van der Waals surface area contributed by atoms with Gasteiger partial charge in [0.15, 0.2) is 5.13 Å². The quantitative estimate of drug-likeness (QED) is 0.414. The van der Waals surface area contributed by atoms with Gasteiger partial charge >= 0.3 is 0 Å². The van der Waals surface area contributed by atoms with Gasteiger partial charge in [0.2, 0.25) is 5.89 Å². The third-order valence-electron chi connectivity index (χ3n) is 3.90. The lowest BCUT2D eigenvalue weighted by Crippen LogP contribution is -1.90. The lowest BCUT2D eigenvalue weighted by Gasteiger charge is -2.02. The van der Waals surface area contributed by atoms with Gasteiger partial charge < -0.3 is 9.73 Å².